The van der Waals surface area contributed by atoms with Gasteiger partial charge in [0.05, 0.1) is 11.9 Å². The van der Waals surface area contributed by atoms with Gasteiger partial charge in [-0.1, -0.05) is 12.1 Å². The SMILES string of the molecule is O=C1CCCCN1Cc1c(O)ccc2oc3c4ccccc4oc(=O)c3c12. The van der Waals surface area contributed by atoms with Crippen LogP contribution >= 0.6 is 0 Å². The molecule has 1 aliphatic rings. The van der Waals surface area contributed by atoms with Crippen molar-refractivity contribution in [1.82, 2.24) is 4.90 Å². The molecule has 1 amide bonds. The van der Waals surface area contributed by atoms with E-state index >= 15 is 0 Å². The number of fused-ring (bicyclic) bond motifs is 5. The van der Waals surface area contributed by atoms with Crippen LogP contribution in [0.4, 0.5) is 0 Å². The summed E-state index contributed by atoms with van der Waals surface area (Å²) in [6.45, 7) is 0.880. The Morgan fingerprint density at radius 3 is 2.67 bits per heavy atom. The molecule has 1 fully saturated rings. The summed E-state index contributed by atoms with van der Waals surface area (Å²) in [6.07, 6.45) is 2.33. The summed E-state index contributed by atoms with van der Waals surface area (Å²) in [4.78, 5) is 26.7. The number of hydrogen-bond acceptors (Lipinski definition) is 5. The van der Waals surface area contributed by atoms with Crippen LogP contribution in [-0.4, -0.2) is 22.5 Å². The van der Waals surface area contributed by atoms with Gasteiger partial charge < -0.3 is 18.8 Å². The van der Waals surface area contributed by atoms with Crippen molar-refractivity contribution in [2.75, 3.05) is 6.54 Å². The third-order valence-electron chi connectivity index (χ3n) is 5.25. The van der Waals surface area contributed by atoms with E-state index in [9.17, 15) is 14.7 Å². The lowest BCUT2D eigenvalue weighted by atomic mass is 10.0. The fourth-order valence-electron chi connectivity index (χ4n) is 3.91. The first-order valence-corrected chi connectivity index (χ1v) is 9.00. The lowest BCUT2D eigenvalue weighted by Gasteiger charge is -2.27. The number of piperidine rings is 1. The van der Waals surface area contributed by atoms with E-state index in [1.807, 2.05) is 12.1 Å². The number of amides is 1. The molecule has 27 heavy (non-hydrogen) atoms. The van der Waals surface area contributed by atoms with Gasteiger partial charge in [0.1, 0.15) is 22.3 Å². The van der Waals surface area contributed by atoms with Gasteiger partial charge in [0.25, 0.3) is 0 Å². The molecule has 0 saturated carbocycles. The second-order valence-electron chi connectivity index (χ2n) is 6.90. The van der Waals surface area contributed by atoms with Crippen molar-refractivity contribution in [1.29, 1.82) is 0 Å². The van der Waals surface area contributed by atoms with Crippen LogP contribution in [0, 0.1) is 0 Å². The van der Waals surface area contributed by atoms with Crippen LogP contribution in [0.25, 0.3) is 32.9 Å². The summed E-state index contributed by atoms with van der Waals surface area (Å²) in [5.74, 6) is 0.0964. The number of phenols is 1. The Labute approximate surface area is 153 Å². The molecule has 2 aromatic carbocycles. The zero-order valence-corrected chi connectivity index (χ0v) is 14.5. The van der Waals surface area contributed by atoms with Gasteiger partial charge in [-0.3, -0.25) is 4.79 Å². The first-order valence-electron chi connectivity index (χ1n) is 9.00. The molecule has 0 atom stereocenters. The Bertz CT molecular complexity index is 1270. The predicted molar refractivity (Wildman–Crippen MR) is 101 cm³/mol. The Morgan fingerprint density at radius 2 is 1.81 bits per heavy atom. The molecule has 1 N–H and O–H groups in total. The standard InChI is InChI=1S/C21H17NO5/c23-14-8-9-16-18(13(14)11-22-10-4-3-7-17(22)24)19-20(26-16)12-5-1-2-6-15(12)27-21(19)25/h1-2,5-6,8-9,23H,3-4,7,10-11H2. The van der Waals surface area contributed by atoms with Crippen LogP contribution in [0.5, 0.6) is 5.75 Å². The van der Waals surface area contributed by atoms with Gasteiger partial charge in [-0.2, -0.15) is 0 Å². The van der Waals surface area contributed by atoms with Crippen LogP contribution in [0.15, 0.2) is 50.0 Å². The van der Waals surface area contributed by atoms with Gasteiger partial charge in [-0.25, -0.2) is 4.79 Å². The maximum Gasteiger partial charge on any atom is 0.348 e. The highest BCUT2D eigenvalue weighted by atomic mass is 16.4. The zero-order valence-electron chi connectivity index (χ0n) is 14.5. The lowest BCUT2D eigenvalue weighted by Crippen LogP contribution is -2.34. The van der Waals surface area contributed by atoms with Crippen molar-refractivity contribution in [2.24, 2.45) is 0 Å². The molecule has 1 saturated heterocycles. The molecule has 136 valence electrons. The monoisotopic (exact) mass is 363 g/mol. The normalized spacial score (nSPS) is 15.3. The fraction of sp³-hybridized carbons (Fsp3) is 0.238. The maximum absolute atomic E-state index is 12.7. The molecule has 0 radical (unpaired) electrons. The van der Waals surface area contributed by atoms with Gasteiger partial charge in [0, 0.05) is 23.9 Å². The number of phenolic OH excluding ortho intramolecular Hbond substituents is 1. The van der Waals surface area contributed by atoms with Crippen LogP contribution in [0.1, 0.15) is 24.8 Å². The van der Waals surface area contributed by atoms with Crippen LogP contribution < -0.4 is 5.63 Å². The summed E-state index contributed by atoms with van der Waals surface area (Å²) in [5, 5.41) is 12.0. The molecular weight excluding hydrogens is 346 g/mol. The smallest absolute Gasteiger partial charge is 0.348 e. The third kappa shape index (κ3) is 2.40. The van der Waals surface area contributed by atoms with Crippen LogP contribution in [0.3, 0.4) is 0 Å². The molecule has 1 aliphatic heterocycles. The van der Waals surface area contributed by atoms with Gasteiger partial charge in [-0.05, 0) is 37.1 Å². The van der Waals surface area contributed by atoms with E-state index in [1.54, 1.807) is 23.1 Å². The number of benzene rings is 2. The largest absolute Gasteiger partial charge is 0.508 e. The van der Waals surface area contributed by atoms with E-state index in [-0.39, 0.29) is 18.2 Å². The highest BCUT2D eigenvalue weighted by Crippen LogP contribution is 2.37. The molecule has 0 aliphatic carbocycles. The first-order chi connectivity index (χ1) is 13.1. The number of aromatic hydroxyl groups is 1. The van der Waals surface area contributed by atoms with Crippen molar-refractivity contribution >= 4 is 38.8 Å². The number of likely N-dealkylation sites (tertiary alicyclic amines) is 1. The molecular formula is C21H17NO5. The molecule has 2 aromatic heterocycles. The number of carbonyl (C=O) groups excluding carboxylic acids is 1. The number of hydrogen-bond donors (Lipinski definition) is 1. The average Bonchev–Trinajstić information content (AvgIpc) is 3.06. The summed E-state index contributed by atoms with van der Waals surface area (Å²) < 4.78 is 11.5. The second-order valence-corrected chi connectivity index (χ2v) is 6.90. The quantitative estimate of drug-likeness (QED) is 0.546. The van der Waals surface area contributed by atoms with Crippen LogP contribution in [0.2, 0.25) is 0 Å². The average molecular weight is 363 g/mol. The van der Waals surface area contributed by atoms with E-state index in [2.05, 4.69) is 0 Å². The first kappa shape index (κ1) is 15.9. The topological polar surface area (TPSA) is 83.9 Å². The van der Waals surface area contributed by atoms with E-state index in [0.717, 1.165) is 12.8 Å². The van der Waals surface area contributed by atoms with Gasteiger partial charge >= 0.3 is 5.63 Å². The predicted octanol–water partition coefficient (Wildman–Crippen LogP) is 3.91. The second kappa shape index (κ2) is 5.87. The summed E-state index contributed by atoms with van der Waals surface area (Å²) >= 11 is 0. The number of para-hydroxylation sites is 1. The molecule has 0 spiro atoms. The van der Waals surface area contributed by atoms with E-state index in [1.165, 1.54) is 6.07 Å². The molecule has 5 rings (SSSR count). The Balaban J connectivity index is 1.81. The van der Waals surface area contributed by atoms with Crippen molar-refractivity contribution < 1.29 is 18.7 Å². The van der Waals surface area contributed by atoms with E-state index in [4.69, 9.17) is 8.83 Å². The van der Waals surface area contributed by atoms with Crippen molar-refractivity contribution in [2.45, 2.75) is 25.8 Å². The van der Waals surface area contributed by atoms with Crippen molar-refractivity contribution in [3.63, 3.8) is 0 Å². The minimum absolute atomic E-state index is 0.0381. The molecule has 0 bridgehead atoms. The molecule has 0 unspecified atom stereocenters. The lowest BCUT2D eigenvalue weighted by molar-refractivity contribution is -0.133. The van der Waals surface area contributed by atoms with Crippen LogP contribution in [-0.2, 0) is 11.3 Å². The van der Waals surface area contributed by atoms with Gasteiger partial charge in [0.2, 0.25) is 5.91 Å². The van der Waals surface area contributed by atoms with E-state index < -0.39 is 5.63 Å². The molecule has 6 heteroatoms. The zero-order chi connectivity index (χ0) is 18.5. The Kier molecular flexibility index (Phi) is 3.47. The minimum Gasteiger partial charge on any atom is -0.508 e. The van der Waals surface area contributed by atoms with Crippen molar-refractivity contribution in [3.05, 3.63) is 52.4 Å². The number of carbonyl (C=O) groups is 1. The molecule has 4 aromatic rings. The Morgan fingerprint density at radius 1 is 0.963 bits per heavy atom. The van der Waals surface area contributed by atoms with E-state index in [0.29, 0.717) is 51.4 Å². The van der Waals surface area contributed by atoms with Crippen molar-refractivity contribution in [3.8, 4) is 5.75 Å². The van der Waals surface area contributed by atoms with Gasteiger partial charge in [-0.15, -0.1) is 0 Å². The van der Waals surface area contributed by atoms with Gasteiger partial charge in [0.15, 0.2) is 5.58 Å². The number of nitrogens with zero attached hydrogens (tertiary/aromatic N) is 1. The molecule has 6 nitrogen and oxygen atoms in total. The highest BCUT2D eigenvalue weighted by Gasteiger charge is 2.24. The maximum atomic E-state index is 12.7. The number of rotatable bonds is 2. The summed E-state index contributed by atoms with van der Waals surface area (Å²) in [7, 11) is 0. The molecule has 3 heterocycles. The highest BCUT2D eigenvalue weighted by molar-refractivity contribution is 6.14. The Hall–Kier alpha value is -3.28. The summed E-state index contributed by atoms with van der Waals surface area (Å²) in [6, 6.07) is 10.4. The third-order valence-corrected chi connectivity index (χ3v) is 5.25. The minimum atomic E-state index is -0.515. The number of furan rings is 1. The summed E-state index contributed by atoms with van der Waals surface area (Å²) in [5.41, 5.74) is 1.38. The fourth-order valence-corrected chi connectivity index (χ4v) is 3.91.